The molecule has 0 bridgehead atoms. The smallest absolute Gasteiger partial charge is 0.243 e. The third-order valence-corrected chi connectivity index (χ3v) is 7.32. The van der Waals surface area contributed by atoms with E-state index in [0.717, 1.165) is 23.5 Å². The number of aryl methyl sites for hydroxylation is 2. The Balaban J connectivity index is 1.62. The number of carbonyl (C=O) groups is 1. The summed E-state index contributed by atoms with van der Waals surface area (Å²) in [6.07, 6.45) is 0. The molecule has 1 aliphatic rings. The molecular weight excluding hydrogens is 397 g/mol. The lowest BCUT2D eigenvalue weighted by Gasteiger charge is -2.36. The summed E-state index contributed by atoms with van der Waals surface area (Å²) in [4.78, 5) is 14.7. The van der Waals surface area contributed by atoms with Crippen molar-refractivity contribution in [3.63, 3.8) is 0 Å². The second-order valence-electron chi connectivity index (χ2n) is 7.23. The Kier molecular flexibility index (Phi) is 6.06. The number of rotatable bonds is 5. The SMILES string of the molecule is Cc1nn(C)c(C)c1NC(=O)[C@H](C)N1CCN(S(=O)(=O)c2ccc(F)cc2)CC1. The molecular formula is C19H26FN5O3S. The first kappa shape index (κ1) is 21.4. The van der Waals surface area contributed by atoms with Crippen LogP contribution in [-0.4, -0.2) is 65.5 Å². The van der Waals surface area contributed by atoms with E-state index >= 15 is 0 Å². The highest BCUT2D eigenvalue weighted by Gasteiger charge is 2.32. The molecule has 10 heteroatoms. The first-order valence-corrected chi connectivity index (χ1v) is 10.9. The maximum absolute atomic E-state index is 13.1. The minimum Gasteiger partial charge on any atom is -0.322 e. The molecule has 1 aromatic carbocycles. The van der Waals surface area contributed by atoms with E-state index in [2.05, 4.69) is 10.4 Å². The number of carbonyl (C=O) groups excluding carboxylic acids is 1. The van der Waals surface area contributed by atoms with Gasteiger partial charge in [0.15, 0.2) is 0 Å². The van der Waals surface area contributed by atoms with Crippen molar-refractivity contribution in [2.24, 2.45) is 7.05 Å². The molecule has 29 heavy (non-hydrogen) atoms. The number of benzene rings is 1. The zero-order chi connectivity index (χ0) is 21.3. The van der Waals surface area contributed by atoms with Gasteiger partial charge in [0.05, 0.1) is 28.0 Å². The molecule has 1 atom stereocenters. The maximum Gasteiger partial charge on any atom is 0.243 e. The summed E-state index contributed by atoms with van der Waals surface area (Å²) in [7, 11) is -1.86. The molecule has 158 valence electrons. The molecule has 2 heterocycles. The van der Waals surface area contributed by atoms with Gasteiger partial charge in [-0.1, -0.05) is 0 Å². The van der Waals surface area contributed by atoms with E-state index in [-0.39, 0.29) is 23.9 Å². The number of nitrogens with zero attached hydrogens (tertiary/aromatic N) is 4. The minimum absolute atomic E-state index is 0.0701. The number of sulfonamides is 1. The van der Waals surface area contributed by atoms with Crippen LogP contribution in [0.5, 0.6) is 0 Å². The van der Waals surface area contributed by atoms with Gasteiger partial charge >= 0.3 is 0 Å². The average Bonchev–Trinajstić information content (AvgIpc) is 2.93. The second kappa shape index (κ2) is 8.21. The van der Waals surface area contributed by atoms with E-state index in [0.29, 0.717) is 18.8 Å². The molecule has 1 fully saturated rings. The summed E-state index contributed by atoms with van der Waals surface area (Å²) in [5.41, 5.74) is 2.33. The van der Waals surface area contributed by atoms with Crippen molar-refractivity contribution in [1.82, 2.24) is 19.0 Å². The van der Waals surface area contributed by atoms with Crippen LogP contribution in [0.25, 0.3) is 0 Å². The first-order valence-electron chi connectivity index (χ1n) is 9.42. The Morgan fingerprint density at radius 1 is 1.14 bits per heavy atom. The monoisotopic (exact) mass is 423 g/mol. The molecule has 0 spiro atoms. The normalized spacial score (nSPS) is 17.3. The van der Waals surface area contributed by atoms with Crippen LogP contribution in [0, 0.1) is 19.7 Å². The predicted molar refractivity (Wildman–Crippen MR) is 108 cm³/mol. The van der Waals surface area contributed by atoms with Gasteiger partial charge in [-0.2, -0.15) is 9.40 Å². The number of halogens is 1. The van der Waals surface area contributed by atoms with Gasteiger partial charge in [0.1, 0.15) is 5.82 Å². The number of piperazine rings is 1. The Bertz CT molecular complexity index is 996. The predicted octanol–water partition coefficient (Wildman–Crippen LogP) is 1.51. The molecule has 1 aliphatic heterocycles. The molecule has 0 unspecified atom stereocenters. The molecule has 2 aromatic rings. The van der Waals surface area contributed by atoms with Crippen LogP contribution in [0.2, 0.25) is 0 Å². The van der Waals surface area contributed by atoms with Crippen molar-refractivity contribution in [1.29, 1.82) is 0 Å². The van der Waals surface area contributed by atoms with Crippen molar-refractivity contribution in [3.05, 3.63) is 41.5 Å². The third kappa shape index (κ3) is 4.34. The van der Waals surface area contributed by atoms with Crippen molar-refractivity contribution >= 4 is 21.6 Å². The van der Waals surface area contributed by atoms with E-state index in [1.807, 2.05) is 25.8 Å². The van der Waals surface area contributed by atoms with E-state index in [1.54, 1.807) is 11.6 Å². The van der Waals surface area contributed by atoms with Crippen molar-refractivity contribution in [2.75, 3.05) is 31.5 Å². The van der Waals surface area contributed by atoms with E-state index < -0.39 is 21.9 Å². The summed E-state index contributed by atoms with van der Waals surface area (Å²) >= 11 is 0. The highest BCUT2D eigenvalue weighted by atomic mass is 32.2. The Labute approximate surface area is 170 Å². The second-order valence-corrected chi connectivity index (χ2v) is 9.17. The summed E-state index contributed by atoms with van der Waals surface area (Å²) in [5.74, 6) is -0.633. The lowest BCUT2D eigenvalue weighted by atomic mass is 10.2. The topological polar surface area (TPSA) is 87.5 Å². The van der Waals surface area contributed by atoms with Crippen molar-refractivity contribution < 1.29 is 17.6 Å². The lowest BCUT2D eigenvalue weighted by molar-refractivity contribution is -0.121. The number of hydrogen-bond donors (Lipinski definition) is 1. The van der Waals surface area contributed by atoms with Crippen LogP contribution < -0.4 is 5.32 Å². The summed E-state index contributed by atoms with van der Waals surface area (Å²) < 4.78 is 41.6. The first-order chi connectivity index (χ1) is 13.6. The van der Waals surface area contributed by atoms with Gasteiger partial charge in [0.2, 0.25) is 15.9 Å². The number of aromatic nitrogens is 2. The van der Waals surface area contributed by atoms with Crippen LogP contribution in [-0.2, 0) is 21.9 Å². The third-order valence-electron chi connectivity index (χ3n) is 5.41. The lowest BCUT2D eigenvalue weighted by Crippen LogP contribution is -2.53. The Hall–Kier alpha value is -2.30. The van der Waals surface area contributed by atoms with E-state index in [9.17, 15) is 17.6 Å². The van der Waals surface area contributed by atoms with Crippen molar-refractivity contribution in [2.45, 2.75) is 31.7 Å². The van der Waals surface area contributed by atoms with Crippen LogP contribution in [0.15, 0.2) is 29.2 Å². The molecule has 0 radical (unpaired) electrons. The van der Waals surface area contributed by atoms with Gasteiger partial charge in [-0.15, -0.1) is 0 Å². The number of amides is 1. The van der Waals surface area contributed by atoms with Gasteiger partial charge in [0, 0.05) is 33.2 Å². The van der Waals surface area contributed by atoms with Crippen LogP contribution in [0.3, 0.4) is 0 Å². The Morgan fingerprint density at radius 2 is 1.72 bits per heavy atom. The Morgan fingerprint density at radius 3 is 2.24 bits per heavy atom. The quantitative estimate of drug-likeness (QED) is 0.788. The minimum atomic E-state index is -3.68. The van der Waals surface area contributed by atoms with Gasteiger partial charge < -0.3 is 5.32 Å². The standard InChI is InChI=1S/C19H26FN5O3S/c1-13-18(14(2)23(4)22-13)21-19(26)15(3)24-9-11-25(12-10-24)29(27,28)17-7-5-16(20)6-8-17/h5-8,15H,9-12H2,1-4H3,(H,21,26)/t15-/m0/s1. The van der Waals surface area contributed by atoms with Gasteiger partial charge in [-0.25, -0.2) is 12.8 Å². The van der Waals surface area contributed by atoms with Gasteiger partial charge in [-0.05, 0) is 45.0 Å². The fourth-order valence-electron chi connectivity index (χ4n) is 3.43. The molecule has 8 nitrogen and oxygen atoms in total. The van der Waals surface area contributed by atoms with Gasteiger partial charge in [0.25, 0.3) is 0 Å². The molecule has 1 amide bonds. The number of nitrogens with one attached hydrogen (secondary N) is 1. The zero-order valence-corrected chi connectivity index (χ0v) is 17.8. The highest BCUT2D eigenvalue weighted by Crippen LogP contribution is 2.21. The number of anilines is 1. The molecule has 0 aliphatic carbocycles. The summed E-state index contributed by atoms with van der Waals surface area (Å²) in [6.45, 7) is 6.93. The van der Waals surface area contributed by atoms with Crippen molar-refractivity contribution in [3.8, 4) is 0 Å². The fourth-order valence-corrected chi connectivity index (χ4v) is 4.86. The molecule has 1 saturated heterocycles. The largest absolute Gasteiger partial charge is 0.322 e. The van der Waals surface area contributed by atoms with Gasteiger partial charge in [-0.3, -0.25) is 14.4 Å². The average molecular weight is 424 g/mol. The molecule has 0 saturated carbocycles. The van der Waals surface area contributed by atoms with Crippen LogP contribution in [0.4, 0.5) is 10.1 Å². The molecule has 1 N–H and O–H groups in total. The maximum atomic E-state index is 13.1. The molecule has 1 aromatic heterocycles. The number of hydrogen-bond acceptors (Lipinski definition) is 5. The zero-order valence-electron chi connectivity index (χ0n) is 17.0. The highest BCUT2D eigenvalue weighted by molar-refractivity contribution is 7.89. The summed E-state index contributed by atoms with van der Waals surface area (Å²) in [6, 6.07) is 4.40. The fraction of sp³-hybridized carbons (Fsp3) is 0.474. The summed E-state index contributed by atoms with van der Waals surface area (Å²) in [5, 5.41) is 7.24. The molecule has 3 rings (SSSR count). The van der Waals surface area contributed by atoms with E-state index in [4.69, 9.17) is 0 Å². The van der Waals surface area contributed by atoms with E-state index in [1.165, 1.54) is 16.4 Å². The van der Waals surface area contributed by atoms with Crippen LogP contribution in [0.1, 0.15) is 18.3 Å². The van der Waals surface area contributed by atoms with Crippen LogP contribution >= 0.6 is 0 Å².